The largest absolute Gasteiger partial charge is 0.478 e. The van der Waals surface area contributed by atoms with Crippen molar-refractivity contribution in [3.8, 4) is 0 Å². The standard InChI is InChI=1S/C9H8N2O2.Y/c1-5-3-10-8-7(5)2-6(4-11-8)9(12)13;/h2-4H,1H3,(H2,10,11,12,13);/p-1. The van der Waals surface area contributed by atoms with Crippen LogP contribution in [0, 0.1) is 6.92 Å². The van der Waals surface area contributed by atoms with E-state index in [9.17, 15) is 4.79 Å². The van der Waals surface area contributed by atoms with Crippen LogP contribution in [0.15, 0.2) is 18.5 Å². The number of hydrogen-bond donors (Lipinski definition) is 1. The zero-order valence-electron chi connectivity index (χ0n) is 7.56. The minimum Gasteiger partial charge on any atom is -0.478 e. The van der Waals surface area contributed by atoms with Crippen molar-refractivity contribution in [2.75, 3.05) is 0 Å². The summed E-state index contributed by atoms with van der Waals surface area (Å²) in [7, 11) is 0. The summed E-state index contributed by atoms with van der Waals surface area (Å²) in [5.74, 6) is -0.963. The van der Waals surface area contributed by atoms with Crippen LogP contribution in [-0.4, -0.2) is 16.1 Å². The molecular weight excluding hydrogens is 257 g/mol. The van der Waals surface area contributed by atoms with Crippen LogP contribution in [-0.2, 0) is 32.7 Å². The molecule has 2 heterocycles. The van der Waals surface area contributed by atoms with E-state index in [4.69, 9.17) is 5.11 Å². The number of hydrogen-bond acceptors (Lipinski definition) is 2. The molecule has 0 bridgehead atoms. The van der Waals surface area contributed by atoms with Crippen molar-refractivity contribution in [1.29, 1.82) is 0 Å². The summed E-state index contributed by atoms with van der Waals surface area (Å²) in [6.45, 7) is 1.88. The van der Waals surface area contributed by atoms with E-state index >= 15 is 0 Å². The first-order chi connectivity index (χ1) is 6.18. The average molecular weight is 264 g/mol. The molecular formula is C9H7N2O2Y-. The first-order valence-electron chi connectivity index (χ1n) is 3.80. The second-order valence-corrected chi connectivity index (χ2v) is 2.84. The van der Waals surface area contributed by atoms with Crippen LogP contribution in [0.5, 0.6) is 0 Å². The van der Waals surface area contributed by atoms with Crippen LogP contribution >= 0.6 is 0 Å². The molecule has 0 fully saturated rings. The first-order valence-corrected chi connectivity index (χ1v) is 3.80. The third kappa shape index (κ3) is 1.86. The van der Waals surface area contributed by atoms with Crippen LogP contribution < -0.4 is 4.98 Å². The molecule has 0 aliphatic heterocycles. The van der Waals surface area contributed by atoms with Crippen LogP contribution in [0.2, 0.25) is 0 Å². The van der Waals surface area contributed by atoms with E-state index in [1.807, 2.05) is 6.92 Å². The van der Waals surface area contributed by atoms with Gasteiger partial charge in [-0.3, -0.25) is 0 Å². The van der Waals surface area contributed by atoms with E-state index in [1.54, 1.807) is 12.3 Å². The molecule has 1 N–H and O–H groups in total. The van der Waals surface area contributed by atoms with Gasteiger partial charge in [0.2, 0.25) is 0 Å². The Bertz CT molecular complexity index is 479. The van der Waals surface area contributed by atoms with Gasteiger partial charge in [0.05, 0.1) is 5.56 Å². The van der Waals surface area contributed by atoms with Gasteiger partial charge in [-0.15, -0.1) is 0 Å². The van der Waals surface area contributed by atoms with E-state index in [-0.39, 0.29) is 38.3 Å². The Morgan fingerprint density at radius 2 is 2.29 bits per heavy atom. The summed E-state index contributed by atoms with van der Waals surface area (Å²) in [4.78, 5) is 18.6. The number of pyridine rings is 1. The van der Waals surface area contributed by atoms with E-state index in [1.165, 1.54) is 6.20 Å². The molecule has 2 aromatic rings. The fourth-order valence-corrected chi connectivity index (χ4v) is 1.20. The molecule has 0 saturated carbocycles. The number of aryl methyl sites for hydroxylation is 1. The molecule has 0 amide bonds. The van der Waals surface area contributed by atoms with Crippen molar-refractivity contribution in [1.82, 2.24) is 9.97 Å². The van der Waals surface area contributed by atoms with E-state index < -0.39 is 5.97 Å². The van der Waals surface area contributed by atoms with Crippen LogP contribution in [0.3, 0.4) is 0 Å². The zero-order chi connectivity index (χ0) is 9.42. The van der Waals surface area contributed by atoms with Crippen LogP contribution in [0.25, 0.3) is 11.0 Å². The fourth-order valence-electron chi connectivity index (χ4n) is 1.20. The summed E-state index contributed by atoms with van der Waals surface area (Å²) in [5, 5.41) is 9.52. The number of aromatic nitrogens is 2. The Kier molecular flexibility index (Phi) is 3.40. The molecule has 0 aliphatic rings. The molecule has 14 heavy (non-hydrogen) atoms. The monoisotopic (exact) mass is 264 g/mol. The maximum atomic E-state index is 10.6. The molecule has 0 saturated heterocycles. The topological polar surface area (TPSA) is 64.3 Å². The van der Waals surface area contributed by atoms with E-state index in [0.29, 0.717) is 5.65 Å². The number of aromatic carboxylic acids is 1. The van der Waals surface area contributed by atoms with Crippen molar-refractivity contribution < 1.29 is 42.6 Å². The number of carboxylic acid groups (broad SMARTS) is 1. The number of carboxylic acids is 1. The number of fused-ring (bicyclic) bond motifs is 1. The Morgan fingerprint density at radius 3 is 2.93 bits per heavy atom. The van der Waals surface area contributed by atoms with E-state index in [0.717, 1.165) is 10.9 Å². The molecule has 2 rings (SSSR count). The van der Waals surface area contributed by atoms with Crippen LogP contribution in [0.4, 0.5) is 0 Å². The minimum absolute atomic E-state index is 0. The Morgan fingerprint density at radius 1 is 1.57 bits per heavy atom. The molecule has 0 unspecified atom stereocenters. The van der Waals surface area contributed by atoms with Crippen molar-refractivity contribution in [2.45, 2.75) is 6.92 Å². The van der Waals surface area contributed by atoms with E-state index in [2.05, 4.69) is 9.97 Å². The summed E-state index contributed by atoms with van der Waals surface area (Å²) < 4.78 is 0. The average Bonchev–Trinajstić information content (AvgIpc) is 2.47. The van der Waals surface area contributed by atoms with Gasteiger partial charge >= 0.3 is 5.97 Å². The molecule has 2 aromatic heterocycles. The SMILES string of the molecule is Cc1c[n-]c2ncc(C(=O)O)cc12.[Y]. The van der Waals surface area contributed by atoms with Gasteiger partial charge in [0.25, 0.3) is 0 Å². The first kappa shape index (κ1) is 11.3. The second kappa shape index (κ2) is 4.19. The molecule has 0 aliphatic carbocycles. The number of rotatable bonds is 1. The van der Waals surface area contributed by atoms with Gasteiger partial charge in [-0.05, 0) is 23.9 Å². The molecule has 0 aromatic carbocycles. The smallest absolute Gasteiger partial charge is 0.335 e. The Balaban J connectivity index is 0.000000980. The summed E-state index contributed by atoms with van der Waals surface area (Å²) >= 11 is 0. The molecule has 0 spiro atoms. The molecule has 4 nitrogen and oxygen atoms in total. The minimum atomic E-state index is -0.963. The predicted molar refractivity (Wildman–Crippen MR) is 46.8 cm³/mol. The summed E-state index contributed by atoms with van der Waals surface area (Å²) in [5.41, 5.74) is 1.75. The normalized spacial score (nSPS) is 9.79. The quantitative estimate of drug-likeness (QED) is 0.840. The van der Waals surface area contributed by atoms with Gasteiger partial charge in [-0.25, -0.2) is 4.79 Å². The van der Waals surface area contributed by atoms with Gasteiger partial charge in [0.1, 0.15) is 0 Å². The third-order valence-corrected chi connectivity index (χ3v) is 1.92. The Labute approximate surface area is 106 Å². The van der Waals surface area contributed by atoms with Crippen LogP contribution in [0.1, 0.15) is 15.9 Å². The van der Waals surface area contributed by atoms with Crippen molar-refractivity contribution in [2.24, 2.45) is 0 Å². The molecule has 69 valence electrons. The fraction of sp³-hybridized carbons (Fsp3) is 0.111. The van der Waals surface area contributed by atoms with Crippen molar-refractivity contribution in [3.63, 3.8) is 0 Å². The number of nitrogens with zero attached hydrogens (tertiary/aromatic N) is 2. The second-order valence-electron chi connectivity index (χ2n) is 2.84. The van der Waals surface area contributed by atoms with Gasteiger partial charge in [-0.1, -0.05) is 18.0 Å². The van der Waals surface area contributed by atoms with Gasteiger partial charge < -0.3 is 15.1 Å². The summed E-state index contributed by atoms with van der Waals surface area (Å²) in [6, 6.07) is 1.59. The number of carbonyl (C=O) groups is 1. The summed E-state index contributed by atoms with van der Waals surface area (Å²) in [6.07, 6.45) is 3.00. The molecule has 0 atom stereocenters. The van der Waals surface area contributed by atoms with Gasteiger partial charge in [0.15, 0.2) is 0 Å². The third-order valence-electron chi connectivity index (χ3n) is 1.92. The maximum absolute atomic E-state index is 10.6. The molecule has 5 heteroatoms. The van der Waals surface area contributed by atoms with Crippen molar-refractivity contribution >= 4 is 17.0 Å². The van der Waals surface area contributed by atoms with Crippen molar-refractivity contribution in [3.05, 3.63) is 29.6 Å². The zero-order valence-corrected chi connectivity index (χ0v) is 10.4. The molecule has 1 radical (unpaired) electrons. The van der Waals surface area contributed by atoms with Gasteiger partial charge in [0, 0.05) is 32.7 Å². The maximum Gasteiger partial charge on any atom is 0.335 e. The predicted octanol–water partition coefficient (Wildman–Crippen LogP) is 1.20. The Hall–Kier alpha value is -0.736. The van der Waals surface area contributed by atoms with Gasteiger partial charge in [-0.2, -0.15) is 0 Å².